The number of likely N-dealkylation sites (N-methyl/N-ethyl adjacent to an activating group) is 1. The topological polar surface area (TPSA) is 41.6 Å². The first kappa shape index (κ1) is 18.9. The molecule has 0 radical (unpaired) electrons. The summed E-state index contributed by atoms with van der Waals surface area (Å²) in [5.41, 5.74) is 2.38. The van der Waals surface area contributed by atoms with Crippen LogP contribution in [0.5, 0.6) is 0 Å². The van der Waals surface area contributed by atoms with Crippen molar-refractivity contribution >= 4 is 18.3 Å². The number of nitrogens with zero attached hydrogens (tertiary/aromatic N) is 1. The fraction of sp³-hybridized carbons (Fsp3) is 0.533. The van der Waals surface area contributed by atoms with Gasteiger partial charge in [0.05, 0.1) is 19.2 Å². The minimum absolute atomic E-state index is 0. The highest BCUT2D eigenvalue weighted by atomic mass is 35.5. The molecule has 1 N–H and O–H groups in total. The largest absolute Gasteiger partial charge is 0.383 e. The van der Waals surface area contributed by atoms with Gasteiger partial charge in [0, 0.05) is 20.7 Å². The van der Waals surface area contributed by atoms with Crippen molar-refractivity contribution in [2.45, 2.75) is 19.9 Å². The summed E-state index contributed by atoms with van der Waals surface area (Å²) in [7, 11) is 3.49. The number of nitrogens with one attached hydrogen (secondary N) is 1. The minimum atomic E-state index is 0. The molecule has 1 amide bonds. The highest BCUT2D eigenvalue weighted by Gasteiger charge is 2.16. The average Bonchev–Trinajstić information content (AvgIpc) is 2.42. The van der Waals surface area contributed by atoms with Gasteiger partial charge in [0.15, 0.2) is 0 Å². The number of amides is 1. The van der Waals surface area contributed by atoms with E-state index < -0.39 is 0 Å². The highest BCUT2D eigenvalue weighted by molar-refractivity contribution is 5.85. The molecule has 0 fully saturated rings. The van der Waals surface area contributed by atoms with E-state index in [1.54, 1.807) is 12.0 Å². The number of halogens is 1. The van der Waals surface area contributed by atoms with Gasteiger partial charge < -0.3 is 15.0 Å². The van der Waals surface area contributed by atoms with Gasteiger partial charge in [0.1, 0.15) is 0 Å². The Kier molecular flexibility index (Phi) is 9.21. The third-order valence-electron chi connectivity index (χ3n) is 3.29. The molecule has 1 atom stereocenters. The van der Waals surface area contributed by atoms with Gasteiger partial charge in [-0.05, 0) is 19.4 Å². The summed E-state index contributed by atoms with van der Waals surface area (Å²) in [5.74, 6) is 0.0872. The molecule has 0 bridgehead atoms. The molecule has 1 aromatic carbocycles. The zero-order valence-corrected chi connectivity index (χ0v) is 13.5. The molecule has 114 valence electrons. The van der Waals surface area contributed by atoms with Crippen LogP contribution in [0.2, 0.25) is 0 Å². The Morgan fingerprint density at radius 2 is 1.95 bits per heavy atom. The molecular weight excluding hydrogens is 276 g/mol. The molecule has 4 nitrogen and oxygen atoms in total. The Hall–Kier alpha value is -1.10. The lowest BCUT2D eigenvalue weighted by molar-refractivity contribution is -0.130. The van der Waals surface area contributed by atoms with Gasteiger partial charge in [-0.3, -0.25) is 4.79 Å². The zero-order valence-electron chi connectivity index (χ0n) is 12.7. The molecule has 0 heterocycles. The van der Waals surface area contributed by atoms with Gasteiger partial charge >= 0.3 is 0 Å². The monoisotopic (exact) mass is 300 g/mol. The number of aryl methyl sites for hydroxylation is 1. The lowest BCUT2D eigenvalue weighted by Crippen LogP contribution is -2.38. The molecule has 1 aromatic rings. The molecule has 0 aliphatic rings. The second-order valence-corrected chi connectivity index (χ2v) is 4.76. The van der Waals surface area contributed by atoms with Crippen LogP contribution in [0.15, 0.2) is 24.3 Å². The summed E-state index contributed by atoms with van der Waals surface area (Å²) in [6.45, 7) is 5.75. The van der Waals surface area contributed by atoms with Gasteiger partial charge in [0.25, 0.3) is 0 Å². The van der Waals surface area contributed by atoms with Crippen molar-refractivity contribution in [3.63, 3.8) is 0 Å². The Morgan fingerprint density at radius 1 is 1.35 bits per heavy atom. The summed E-state index contributed by atoms with van der Waals surface area (Å²) in [6, 6.07) is 8.36. The summed E-state index contributed by atoms with van der Waals surface area (Å²) >= 11 is 0. The summed E-state index contributed by atoms with van der Waals surface area (Å²) < 4.78 is 4.92. The highest BCUT2D eigenvalue weighted by Crippen LogP contribution is 2.18. The van der Waals surface area contributed by atoms with E-state index in [2.05, 4.69) is 36.5 Å². The van der Waals surface area contributed by atoms with Crippen LogP contribution in [-0.2, 0) is 9.53 Å². The van der Waals surface area contributed by atoms with E-state index >= 15 is 0 Å². The molecule has 1 unspecified atom stereocenters. The number of ether oxygens (including phenoxy) is 1. The van der Waals surface area contributed by atoms with Crippen LogP contribution in [0.1, 0.15) is 24.1 Å². The normalized spacial score (nSPS) is 11.6. The standard InChI is InChI=1S/C15H24N2O2.ClH/c1-12-5-7-14(8-6-12)13(2)17(3)15(18)11-16-9-10-19-4;/h5-8,13,16H,9-11H2,1-4H3;1H. The summed E-state index contributed by atoms with van der Waals surface area (Å²) in [4.78, 5) is 13.8. The van der Waals surface area contributed by atoms with Crippen molar-refractivity contribution in [1.29, 1.82) is 0 Å². The van der Waals surface area contributed by atoms with Gasteiger partial charge in [-0.25, -0.2) is 0 Å². The number of rotatable bonds is 7. The van der Waals surface area contributed by atoms with Crippen molar-refractivity contribution in [3.05, 3.63) is 35.4 Å². The molecular formula is C15H25ClN2O2. The number of methoxy groups -OCH3 is 1. The maximum Gasteiger partial charge on any atom is 0.236 e. The third kappa shape index (κ3) is 5.90. The third-order valence-corrected chi connectivity index (χ3v) is 3.29. The van der Waals surface area contributed by atoms with Crippen molar-refractivity contribution in [3.8, 4) is 0 Å². The first-order chi connectivity index (χ1) is 9.06. The van der Waals surface area contributed by atoms with Gasteiger partial charge in [0.2, 0.25) is 5.91 Å². The Morgan fingerprint density at radius 3 is 2.50 bits per heavy atom. The average molecular weight is 301 g/mol. The van der Waals surface area contributed by atoms with Gasteiger partial charge in [-0.1, -0.05) is 29.8 Å². The van der Waals surface area contributed by atoms with E-state index in [4.69, 9.17) is 4.74 Å². The van der Waals surface area contributed by atoms with Crippen LogP contribution in [0.4, 0.5) is 0 Å². The predicted molar refractivity (Wildman–Crippen MR) is 84.4 cm³/mol. The molecule has 0 spiro atoms. The van der Waals surface area contributed by atoms with Crippen molar-refractivity contribution in [2.24, 2.45) is 0 Å². The van der Waals surface area contributed by atoms with Crippen LogP contribution >= 0.6 is 12.4 Å². The molecule has 1 rings (SSSR count). The van der Waals surface area contributed by atoms with E-state index in [0.717, 1.165) is 5.56 Å². The number of carbonyl (C=O) groups is 1. The molecule has 0 saturated carbocycles. The lowest BCUT2D eigenvalue weighted by atomic mass is 10.1. The van der Waals surface area contributed by atoms with E-state index in [-0.39, 0.29) is 24.4 Å². The second kappa shape index (κ2) is 9.75. The second-order valence-electron chi connectivity index (χ2n) is 4.76. The van der Waals surface area contributed by atoms with Crippen molar-refractivity contribution in [2.75, 3.05) is 33.9 Å². The van der Waals surface area contributed by atoms with E-state index in [1.807, 2.05) is 14.0 Å². The smallest absolute Gasteiger partial charge is 0.236 e. The predicted octanol–water partition coefficient (Wildman–Crippen LogP) is 2.17. The molecule has 20 heavy (non-hydrogen) atoms. The van der Waals surface area contributed by atoms with Crippen LogP contribution in [0.25, 0.3) is 0 Å². The van der Waals surface area contributed by atoms with Crippen LogP contribution in [0, 0.1) is 6.92 Å². The maximum atomic E-state index is 12.0. The Balaban J connectivity index is 0.00000361. The number of hydrogen-bond acceptors (Lipinski definition) is 3. The zero-order chi connectivity index (χ0) is 14.3. The fourth-order valence-electron chi connectivity index (χ4n) is 1.78. The van der Waals surface area contributed by atoms with Crippen LogP contribution in [0.3, 0.4) is 0 Å². The lowest BCUT2D eigenvalue weighted by Gasteiger charge is -2.25. The summed E-state index contributed by atoms with van der Waals surface area (Å²) in [5, 5.41) is 3.07. The van der Waals surface area contributed by atoms with E-state index in [1.165, 1.54) is 5.56 Å². The molecule has 0 aromatic heterocycles. The molecule has 0 aliphatic heterocycles. The summed E-state index contributed by atoms with van der Waals surface area (Å²) in [6.07, 6.45) is 0. The van der Waals surface area contributed by atoms with Gasteiger partial charge in [-0.2, -0.15) is 0 Å². The Bertz CT molecular complexity index is 395. The Labute approximate surface area is 127 Å². The first-order valence-corrected chi connectivity index (χ1v) is 6.58. The van der Waals surface area contributed by atoms with Crippen LogP contribution in [-0.4, -0.2) is 44.7 Å². The number of carbonyl (C=O) groups excluding carboxylic acids is 1. The van der Waals surface area contributed by atoms with Crippen molar-refractivity contribution < 1.29 is 9.53 Å². The maximum absolute atomic E-state index is 12.0. The quantitative estimate of drug-likeness (QED) is 0.785. The van der Waals surface area contributed by atoms with E-state index in [9.17, 15) is 4.79 Å². The van der Waals surface area contributed by atoms with Crippen LogP contribution < -0.4 is 5.32 Å². The number of hydrogen-bond donors (Lipinski definition) is 1. The SMILES string of the molecule is COCCNCC(=O)N(C)C(C)c1ccc(C)cc1.Cl. The molecule has 0 saturated heterocycles. The number of benzene rings is 1. The molecule has 0 aliphatic carbocycles. The van der Waals surface area contributed by atoms with Crippen molar-refractivity contribution in [1.82, 2.24) is 10.2 Å². The fourth-order valence-corrected chi connectivity index (χ4v) is 1.78. The minimum Gasteiger partial charge on any atom is -0.383 e. The van der Waals surface area contributed by atoms with Gasteiger partial charge in [-0.15, -0.1) is 12.4 Å². The van der Waals surface area contributed by atoms with E-state index in [0.29, 0.717) is 19.7 Å². The first-order valence-electron chi connectivity index (χ1n) is 6.58. The molecule has 5 heteroatoms.